The van der Waals surface area contributed by atoms with Gasteiger partial charge in [0.1, 0.15) is 0 Å². The predicted octanol–water partition coefficient (Wildman–Crippen LogP) is 2.07. The van der Waals surface area contributed by atoms with Gasteiger partial charge in [0.2, 0.25) is 0 Å². The minimum absolute atomic E-state index is 0. The molecule has 5 heteroatoms. The van der Waals surface area contributed by atoms with Crippen molar-refractivity contribution in [2.45, 2.75) is 0 Å². The Morgan fingerprint density at radius 2 is 1.04 bits per heavy atom. The van der Waals surface area contributed by atoms with Gasteiger partial charge in [0.15, 0.2) is 11.4 Å². The van der Waals surface area contributed by atoms with E-state index in [1.54, 1.807) is 0 Å². The molecule has 0 saturated heterocycles. The smallest absolute Gasteiger partial charge is 0.294 e. The van der Waals surface area contributed by atoms with Crippen molar-refractivity contribution in [3.8, 4) is 0 Å². The van der Waals surface area contributed by atoms with Crippen LogP contribution < -0.4 is 17.0 Å². The Morgan fingerprint density at radius 3 is 1.54 bits per heavy atom. The van der Waals surface area contributed by atoms with Crippen molar-refractivity contribution in [2.75, 3.05) is 0 Å². The number of nitrogens with zero attached hydrogens (tertiary/aromatic N) is 4. The van der Waals surface area contributed by atoms with Crippen LogP contribution in [0.3, 0.4) is 0 Å². The van der Waals surface area contributed by atoms with Crippen molar-refractivity contribution < 1.29 is 12.4 Å². The molecule has 3 aromatic rings. The number of benzene rings is 3. The van der Waals surface area contributed by atoms with Crippen LogP contribution in [0.2, 0.25) is 0 Å². The van der Waals surface area contributed by atoms with Crippen LogP contribution in [0.4, 0.5) is 11.4 Å². The lowest BCUT2D eigenvalue weighted by atomic mass is 10.1. The Kier molecular flexibility index (Phi) is 4.51. The zero-order valence-corrected chi connectivity index (χ0v) is 13.6. The summed E-state index contributed by atoms with van der Waals surface area (Å²) in [5, 5.41) is 12.9. The molecule has 118 valence electrons. The van der Waals surface area contributed by atoms with E-state index in [0.29, 0.717) is 0 Å². The Morgan fingerprint density at radius 1 is 0.583 bits per heavy atom. The zero-order chi connectivity index (χ0) is 15.5. The third kappa shape index (κ3) is 2.52. The summed E-state index contributed by atoms with van der Waals surface area (Å²) in [6, 6.07) is 30.3. The highest BCUT2D eigenvalue weighted by Crippen LogP contribution is 2.40. The van der Waals surface area contributed by atoms with Crippen LogP contribution in [-0.4, -0.2) is 5.84 Å². The highest BCUT2D eigenvalue weighted by atomic mass is 35.5. The molecular formula is C19H15ClN4. The number of hydrogen-bond donors (Lipinski definition) is 0. The van der Waals surface area contributed by atoms with E-state index in [1.165, 1.54) is 0 Å². The normalized spacial score (nSPS) is 14.8. The third-order valence-electron chi connectivity index (χ3n) is 3.91. The number of hydrogen-bond acceptors (Lipinski definition) is 3. The molecule has 0 saturated carbocycles. The molecule has 0 bridgehead atoms. The average Bonchev–Trinajstić information content (AvgIpc) is 3.10. The van der Waals surface area contributed by atoms with Gasteiger partial charge in [0.05, 0.1) is 10.8 Å². The molecule has 0 aromatic heterocycles. The van der Waals surface area contributed by atoms with Crippen molar-refractivity contribution in [2.24, 2.45) is 15.5 Å². The molecular weight excluding hydrogens is 320 g/mol. The first-order valence-electron chi connectivity index (χ1n) is 7.48. The van der Waals surface area contributed by atoms with Gasteiger partial charge >= 0.3 is 0 Å². The lowest BCUT2D eigenvalue weighted by Crippen LogP contribution is -3.00. The number of rotatable bonds is 3. The molecule has 0 N–H and O–H groups in total. The van der Waals surface area contributed by atoms with Crippen molar-refractivity contribution in [3.05, 3.63) is 96.6 Å². The van der Waals surface area contributed by atoms with Crippen LogP contribution in [0.25, 0.3) is 0 Å². The SMILES string of the molecule is [Cl-].c1ccc(C2=NN=N[N+]2(c2ccccc2)c2ccccc2)cc1. The summed E-state index contributed by atoms with van der Waals surface area (Å²) in [6.45, 7) is 0. The lowest BCUT2D eigenvalue weighted by Gasteiger charge is -2.26. The summed E-state index contributed by atoms with van der Waals surface area (Å²) < 4.78 is 0.145. The van der Waals surface area contributed by atoms with E-state index in [0.717, 1.165) is 22.8 Å². The monoisotopic (exact) mass is 334 g/mol. The highest BCUT2D eigenvalue weighted by molar-refractivity contribution is 6.09. The van der Waals surface area contributed by atoms with Crippen molar-refractivity contribution in [3.63, 3.8) is 0 Å². The molecule has 0 unspecified atom stereocenters. The summed E-state index contributed by atoms with van der Waals surface area (Å²) in [5.41, 5.74) is 3.01. The van der Waals surface area contributed by atoms with Crippen LogP contribution in [-0.2, 0) is 0 Å². The quantitative estimate of drug-likeness (QED) is 0.658. The summed E-state index contributed by atoms with van der Waals surface area (Å²) >= 11 is 0. The molecule has 0 spiro atoms. The first kappa shape index (κ1) is 16.1. The summed E-state index contributed by atoms with van der Waals surface area (Å²) in [5.74, 6) is 0.794. The molecule has 4 rings (SSSR count). The standard InChI is InChI=1S/C19H15N4.ClH/c1-4-10-16(11-5-1)19-20-21-22-23(19,17-12-6-2-7-13-17)18-14-8-3-9-15-18;/h1-15H;1H/q+1;/p-1. The van der Waals surface area contributed by atoms with Gasteiger partial charge in [-0.1, -0.05) is 64.3 Å². The van der Waals surface area contributed by atoms with Crippen molar-refractivity contribution >= 4 is 17.2 Å². The topological polar surface area (TPSA) is 37.1 Å². The summed E-state index contributed by atoms with van der Waals surface area (Å²) in [4.78, 5) is 0. The number of para-hydroxylation sites is 2. The van der Waals surface area contributed by atoms with Gasteiger partial charge in [-0.3, -0.25) is 0 Å². The second kappa shape index (κ2) is 6.74. The van der Waals surface area contributed by atoms with E-state index >= 15 is 0 Å². The summed E-state index contributed by atoms with van der Waals surface area (Å²) in [6.07, 6.45) is 0. The minimum Gasteiger partial charge on any atom is -1.00 e. The second-order valence-corrected chi connectivity index (χ2v) is 5.28. The maximum atomic E-state index is 4.52. The molecule has 0 fully saturated rings. The average molecular weight is 335 g/mol. The Bertz CT molecular complexity index is 822. The van der Waals surface area contributed by atoms with Crippen LogP contribution in [0, 0.1) is 0 Å². The van der Waals surface area contributed by atoms with E-state index in [2.05, 4.69) is 39.8 Å². The van der Waals surface area contributed by atoms with Crippen LogP contribution in [0.1, 0.15) is 5.56 Å². The fraction of sp³-hybridized carbons (Fsp3) is 0. The second-order valence-electron chi connectivity index (χ2n) is 5.28. The van der Waals surface area contributed by atoms with Gasteiger partial charge in [0.25, 0.3) is 5.84 Å². The minimum atomic E-state index is 0. The number of quaternary nitrogens is 1. The van der Waals surface area contributed by atoms with Gasteiger partial charge in [-0.15, -0.1) is 0 Å². The predicted molar refractivity (Wildman–Crippen MR) is 92.2 cm³/mol. The number of halogens is 1. The van der Waals surface area contributed by atoms with Gasteiger partial charge in [-0.25, -0.2) is 0 Å². The van der Waals surface area contributed by atoms with Crippen molar-refractivity contribution in [1.29, 1.82) is 0 Å². The number of amidine groups is 1. The molecule has 1 heterocycles. The molecule has 0 radical (unpaired) electrons. The maximum absolute atomic E-state index is 4.52. The van der Waals surface area contributed by atoms with Crippen molar-refractivity contribution in [1.82, 2.24) is 4.59 Å². The van der Waals surface area contributed by atoms with Gasteiger partial charge in [-0.05, 0) is 12.1 Å². The Balaban J connectivity index is 0.00000169. The largest absolute Gasteiger partial charge is 1.00 e. The highest BCUT2D eigenvalue weighted by Gasteiger charge is 2.45. The lowest BCUT2D eigenvalue weighted by molar-refractivity contribution is -0.00000453. The molecule has 1 aliphatic heterocycles. The van der Waals surface area contributed by atoms with E-state index in [4.69, 9.17) is 0 Å². The first-order chi connectivity index (χ1) is 11.4. The van der Waals surface area contributed by atoms with Gasteiger partial charge in [0, 0.05) is 29.5 Å². The van der Waals surface area contributed by atoms with E-state index in [-0.39, 0.29) is 17.0 Å². The maximum Gasteiger partial charge on any atom is 0.294 e. The fourth-order valence-corrected chi connectivity index (χ4v) is 2.85. The zero-order valence-electron chi connectivity index (χ0n) is 12.8. The molecule has 3 aromatic carbocycles. The molecule has 1 aliphatic rings. The van der Waals surface area contributed by atoms with Crippen LogP contribution in [0.15, 0.2) is 107 Å². The van der Waals surface area contributed by atoms with E-state index in [1.807, 2.05) is 66.7 Å². The van der Waals surface area contributed by atoms with Gasteiger partial charge < -0.3 is 12.4 Å². The molecule has 0 amide bonds. The molecule has 24 heavy (non-hydrogen) atoms. The molecule has 0 atom stereocenters. The van der Waals surface area contributed by atoms with E-state index in [9.17, 15) is 0 Å². The fourth-order valence-electron chi connectivity index (χ4n) is 2.85. The molecule has 4 nitrogen and oxygen atoms in total. The van der Waals surface area contributed by atoms with Gasteiger partial charge in [-0.2, -0.15) is 0 Å². The summed E-state index contributed by atoms with van der Waals surface area (Å²) in [7, 11) is 0. The Hall–Kier alpha value is -2.82. The first-order valence-corrected chi connectivity index (χ1v) is 7.48. The Labute approximate surface area is 146 Å². The van der Waals surface area contributed by atoms with Crippen LogP contribution in [0.5, 0.6) is 0 Å². The van der Waals surface area contributed by atoms with Crippen LogP contribution >= 0.6 is 0 Å². The third-order valence-corrected chi connectivity index (χ3v) is 3.91. The molecule has 0 aliphatic carbocycles. The van der Waals surface area contributed by atoms with E-state index < -0.39 is 0 Å².